The number of non-ortho nitro benzene ring substituents is 1. The lowest BCUT2D eigenvalue weighted by Crippen LogP contribution is -2.54. The van der Waals surface area contributed by atoms with Gasteiger partial charge in [0.25, 0.3) is 15.7 Å². The van der Waals surface area contributed by atoms with Crippen LogP contribution in [0.3, 0.4) is 0 Å². The molecule has 0 heterocycles. The molecule has 4 aromatic rings. The molecule has 4 aromatic carbocycles. The van der Waals surface area contributed by atoms with E-state index in [2.05, 4.69) is 5.32 Å². The zero-order valence-electron chi connectivity index (χ0n) is 25.5. The number of sulfonamides is 1. The van der Waals surface area contributed by atoms with Gasteiger partial charge in [-0.3, -0.25) is 24.0 Å². The molecule has 0 aliphatic heterocycles. The van der Waals surface area contributed by atoms with Crippen molar-refractivity contribution < 1.29 is 22.9 Å². The van der Waals surface area contributed by atoms with E-state index >= 15 is 0 Å². The number of benzene rings is 4. The molecular weight excluding hydrogens is 628 g/mol. The SMILES string of the molecule is CC[C@H](C)NC(=O)[C@@H](Cc1ccccc1)N(Cc1cccc(Cl)c1)C(=O)CN(c1ccc([N+](=O)[O-])cc1)S(=O)(=O)c1ccccc1. The second-order valence-electron chi connectivity index (χ2n) is 10.8. The summed E-state index contributed by atoms with van der Waals surface area (Å²) in [7, 11) is -4.33. The smallest absolute Gasteiger partial charge is 0.269 e. The van der Waals surface area contributed by atoms with Crippen molar-refractivity contribution in [2.45, 2.75) is 50.2 Å². The van der Waals surface area contributed by atoms with Crippen LogP contribution in [0.15, 0.2) is 114 Å². The van der Waals surface area contributed by atoms with Gasteiger partial charge in [-0.15, -0.1) is 0 Å². The van der Waals surface area contributed by atoms with Gasteiger partial charge in [0.1, 0.15) is 12.6 Å². The molecule has 0 aliphatic carbocycles. The monoisotopic (exact) mass is 662 g/mol. The summed E-state index contributed by atoms with van der Waals surface area (Å²) < 4.78 is 28.9. The van der Waals surface area contributed by atoms with Crippen molar-refractivity contribution in [1.82, 2.24) is 10.2 Å². The average Bonchev–Trinajstić information content (AvgIpc) is 3.05. The number of anilines is 1. The van der Waals surface area contributed by atoms with Crippen molar-refractivity contribution >= 4 is 44.8 Å². The quantitative estimate of drug-likeness (QED) is 0.130. The molecule has 2 atom stereocenters. The molecule has 46 heavy (non-hydrogen) atoms. The van der Waals surface area contributed by atoms with E-state index in [1.807, 2.05) is 44.2 Å². The maximum Gasteiger partial charge on any atom is 0.269 e. The topological polar surface area (TPSA) is 130 Å². The second-order valence-corrected chi connectivity index (χ2v) is 13.1. The van der Waals surface area contributed by atoms with Gasteiger partial charge in [-0.1, -0.05) is 79.2 Å². The Balaban J connectivity index is 1.81. The van der Waals surface area contributed by atoms with E-state index in [1.54, 1.807) is 42.5 Å². The molecule has 4 rings (SSSR count). The highest BCUT2D eigenvalue weighted by molar-refractivity contribution is 7.92. The van der Waals surface area contributed by atoms with Crippen LogP contribution in [0.5, 0.6) is 0 Å². The molecule has 0 aromatic heterocycles. The van der Waals surface area contributed by atoms with Gasteiger partial charge in [0.2, 0.25) is 11.8 Å². The molecule has 12 heteroatoms. The summed E-state index contributed by atoms with van der Waals surface area (Å²) in [5.74, 6) is -1.04. The Bertz CT molecular complexity index is 1760. The van der Waals surface area contributed by atoms with E-state index in [0.717, 1.165) is 9.87 Å². The number of amides is 2. The molecule has 0 radical (unpaired) electrons. The lowest BCUT2D eigenvalue weighted by atomic mass is 10.0. The van der Waals surface area contributed by atoms with Crippen molar-refractivity contribution in [1.29, 1.82) is 0 Å². The van der Waals surface area contributed by atoms with Crippen LogP contribution in [0.1, 0.15) is 31.4 Å². The maximum absolute atomic E-state index is 14.5. The predicted molar refractivity (Wildman–Crippen MR) is 178 cm³/mol. The molecule has 1 N–H and O–H groups in total. The lowest BCUT2D eigenvalue weighted by Gasteiger charge is -2.34. The van der Waals surface area contributed by atoms with Crippen molar-refractivity contribution in [2.24, 2.45) is 0 Å². The highest BCUT2D eigenvalue weighted by Crippen LogP contribution is 2.27. The van der Waals surface area contributed by atoms with E-state index < -0.39 is 33.4 Å². The summed E-state index contributed by atoms with van der Waals surface area (Å²) in [5.41, 5.74) is 1.26. The first-order valence-electron chi connectivity index (χ1n) is 14.7. The number of carbonyl (C=O) groups is 2. The largest absolute Gasteiger partial charge is 0.352 e. The number of rotatable bonds is 14. The number of hydrogen-bond acceptors (Lipinski definition) is 6. The number of nitro benzene ring substituents is 1. The average molecular weight is 663 g/mol. The van der Waals surface area contributed by atoms with Crippen molar-refractivity contribution in [3.8, 4) is 0 Å². The van der Waals surface area contributed by atoms with Gasteiger partial charge in [0.15, 0.2) is 0 Å². The molecule has 240 valence electrons. The summed E-state index contributed by atoms with van der Waals surface area (Å²) in [5, 5.41) is 14.7. The molecule has 2 amide bonds. The number of nitro groups is 1. The van der Waals surface area contributed by atoms with Gasteiger partial charge in [0.05, 0.1) is 15.5 Å². The van der Waals surface area contributed by atoms with E-state index in [0.29, 0.717) is 17.0 Å². The Morgan fingerprint density at radius 1 is 0.891 bits per heavy atom. The summed E-state index contributed by atoms with van der Waals surface area (Å²) in [6, 6.07) is 27.4. The minimum Gasteiger partial charge on any atom is -0.352 e. The molecule has 0 spiro atoms. The number of nitrogens with zero attached hydrogens (tertiary/aromatic N) is 3. The van der Waals surface area contributed by atoms with Crippen LogP contribution in [0.2, 0.25) is 5.02 Å². The highest BCUT2D eigenvalue weighted by Gasteiger charge is 2.35. The molecule has 0 unspecified atom stereocenters. The summed E-state index contributed by atoms with van der Waals surface area (Å²) in [6.07, 6.45) is 0.827. The van der Waals surface area contributed by atoms with E-state index in [4.69, 9.17) is 11.6 Å². The van der Waals surface area contributed by atoms with Crippen molar-refractivity contribution in [2.75, 3.05) is 10.8 Å². The Kier molecular flexibility index (Phi) is 11.5. The zero-order valence-corrected chi connectivity index (χ0v) is 27.0. The van der Waals surface area contributed by atoms with Crippen molar-refractivity contribution in [3.05, 3.63) is 135 Å². The summed E-state index contributed by atoms with van der Waals surface area (Å²) >= 11 is 6.28. The molecule has 0 bridgehead atoms. The lowest BCUT2D eigenvalue weighted by molar-refractivity contribution is -0.384. The molecule has 10 nitrogen and oxygen atoms in total. The van der Waals surface area contributed by atoms with Crippen LogP contribution >= 0.6 is 11.6 Å². The molecular formula is C34H35ClN4O6S. The first-order valence-corrected chi connectivity index (χ1v) is 16.5. The van der Waals surface area contributed by atoms with Gasteiger partial charge >= 0.3 is 0 Å². The van der Waals surface area contributed by atoms with Crippen LogP contribution in [-0.4, -0.2) is 48.7 Å². The summed E-state index contributed by atoms with van der Waals surface area (Å²) in [6.45, 7) is 3.08. The standard InChI is InChI=1S/C34H35ClN4O6S/c1-3-25(2)36-34(41)32(22-26-11-6-4-7-12-26)37(23-27-13-10-14-28(35)21-27)33(40)24-38(29-17-19-30(20-18-29)39(42)43)46(44,45)31-15-8-5-9-16-31/h4-21,25,32H,3,22-24H2,1-2H3,(H,36,41)/t25-,32+/m0/s1. The molecule has 0 fully saturated rings. The third-order valence-electron chi connectivity index (χ3n) is 7.47. The predicted octanol–water partition coefficient (Wildman–Crippen LogP) is 6.00. The minimum atomic E-state index is -4.33. The number of carbonyl (C=O) groups excluding carboxylic acids is 2. The minimum absolute atomic E-state index is 0.0374. The van der Waals surface area contributed by atoms with Crippen LogP contribution < -0.4 is 9.62 Å². The number of hydrogen-bond donors (Lipinski definition) is 1. The van der Waals surface area contributed by atoms with Crippen molar-refractivity contribution in [3.63, 3.8) is 0 Å². The fraction of sp³-hybridized carbons (Fsp3) is 0.235. The highest BCUT2D eigenvalue weighted by atomic mass is 35.5. The second kappa shape index (κ2) is 15.5. The van der Waals surface area contributed by atoms with Gasteiger partial charge in [-0.05, 0) is 60.9 Å². The Hall–Kier alpha value is -4.74. The summed E-state index contributed by atoms with van der Waals surface area (Å²) in [4.78, 5) is 40.3. The van der Waals surface area contributed by atoms with Gasteiger partial charge < -0.3 is 10.2 Å². The van der Waals surface area contributed by atoms with Crippen LogP contribution in [0, 0.1) is 10.1 Å². The third kappa shape index (κ3) is 8.70. The maximum atomic E-state index is 14.5. The Morgan fingerprint density at radius 2 is 1.50 bits per heavy atom. The number of nitrogens with one attached hydrogen (secondary N) is 1. The van der Waals surface area contributed by atoms with Gasteiger partial charge in [-0.25, -0.2) is 8.42 Å². The number of halogens is 1. The normalized spacial score (nSPS) is 12.5. The molecule has 0 aliphatic rings. The van der Waals surface area contributed by atoms with Gasteiger partial charge in [-0.2, -0.15) is 0 Å². The van der Waals surface area contributed by atoms with Crippen LogP contribution in [0.4, 0.5) is 11.4 Å². The third-order valence-corrected chi connectivity index (χ3v) is 9.50. The molecule has 0 saturated heterocycles. The fourth-order valence-electron chi connectivity index (χ4n) is 4.82. The van der Waals surface area contributed by atoms with E-state index in [-0.39, 0.29) is 41.2 Å². The van der Waals surface area contributed by atoms with Gasteiger partial charge in [0, 0.05) is 36.2 Å². The van der Waals surface area contributed by atoms with E-state index in [9.17, 15) is 28.1 Å². The zero-order chi connectivity index (χ0) is 33.3. The Morgan fingerprint density at radius 3 is 2.09 bits per heavy atom. The first kappa shape index (κ1) is 34.1. The van der Waals surface area contributed by atoms with Crippen LogP contribution in [-0.2, 0) is 32.6 Å². The Labute approximate surface area is 273 Å². The molecule has 0 saturated carbocycles. The van der Waals surface area contributed by atoms with Crippen LogP contribution in [0.25, 0.3) is 0 Å². The van der Waals surface area contributed by atoms with E-state index in [1.165, 1.54) is 41.3 Å². The fourth-order valence-corrected chi connectivity index (χ4v) is 6.46. The first-order chi connectivity index (χ1) is 22.0.